The molecule has 0 bridgehead atoms. The van der Waals surface area contributed by atoms with E-state index in [9.17, 15) is 31.5 Å². The van der Waals surface area contributed by atoms with Gasteiger partial charge in [-0.2, -0.15) is 18.3 Å². The maximum absolute atomic E-state index is 13.5. The van der Waals surface area contributed by atoms with Crippen LogP contribution >= 0.6 is 11.6 Å². The number of carbonyl (C=O) groups is 2. The van der Waals surface area contributed by atoms with Gasteiger partial charge in [0.2, 0.25) is 5.92 Å². The summed E-state index contributed by atoms with van der Waals surface area (Å²) in [5.41, 5.74) is 2.82. The van der Waals surface area contributed by atoms with E-state index in [2.05, 4.69) is 15.4 Å². The molecule has 3 N–H and O–H groups in total. The van der Waals surface area contributed by atoms with Crippen LogP contribution < -0.4 is 11.1 Å². The predicted octanol–water partition coefficient (Wildman–Crippen LogP) is 3.74. The number of carbonyl (C=O) groups excluding carboxylic acids is 2. The second-order valence-electron chi connectivity index (χ2n) is 6.90. The lowest BCUT2D eigenvalue weighted by Gasteiger charge is -2.13. The lowest BCUT2D eigenvalue weighted by molar-refractivity contribution is -0.141. The highest BCUT2D eigenvalue weighted by Gasteiger charge is 2.43. The van der Waals surface area contributed by atoms with Gasteiger partial charge < -0.3 is 11.1 Å². The molecule has 0 radical (unpaired) electrons. The highest BCUT2D eigenvalue weighted by atomic mass is 35.5. The lowest BCUT2D eigenvalue weighted by Crippen LogP contribution is -2.22. The van der Waals surface area contributed by atoms with Crippen molar-refractivity contribution in [2.45, 2.75) is 37.9 Å². The van der Waals surface area contributed by atoms with E-state index < -0.39 is 59.1 Å². The SMILES string of the molecule is NC(=O)c1cc(NC(=O)c2c(Cl)c(C(F)(F)F)nn2C[C@H]2CCC(F)(F)C2)ccn1. The fourth-order valence-electron chi connectivity index (χ4n) is 3.25. The fraction of sp³-hybridized carbons (Fsp3) is 0.412. The van der Waals surface area contributed by atoms with E-state index in [0.717, 1.165) is 12.3 Å². The molecule has 13 heteroatoms. The van der Waals surface area contributed by atoms with Crippen LogP contribution in [0.1, 0.15) is 45.9 Å². The maximum atomic E-state index is 13.5. The summed E-state index contributed by atoms with van der Waals surface area (Å²) < 4.78 is 67.3. The average Bonchev–Trinajstić information content (AvgIpc) is 3.14. The number of nitrogens with two attached hydrogens (primary N) is 1. The van der Waals surface area contributed by atoms with Crippen molar-refractivity contribution < 1.29 is 31.5 Å². The number of rotatable bonds is 5. The molecule has 1 aliphatic carbocycles. The summed E-state index contributed by atoms with van der Waals surface area (Å²) >= 11 is 5.80. The topological polar surface area (TPSA) is 103 Å². The molecule has 1 saturated carbocycles. The van der Waals surface area contributed by atoms with Crippen molar-refractivity contribution >= 4 is 29.1 Å². The van der Waals surface area contributed by atoms with E-state index in [4.69, 9.17) is 17.3 Å². The molecular weight excluding hydrogens is 437 g/mol. The molecule has 2 heterocycles. The molecule has 0 aliphatic heterocycles. The van der Waals surface area contributed by atoms with E-state index in [-0.39, 0.29) is 24.3 Å². The predicted molar refractivity (Wildman–Crippen MR) is 95.2 cm³/mol. The van der Waals surface area contributed by atoms with Gasteiger partial charge >= 0.3 is 6.18 Å². The van der Waals surface area contributed by atoms with E-state index in [1.165, 1.54) is 6.07 Å². The molecule has 1 aliphatic rings. The maximum Gasteiger partial charge on any atom is 0.436 e. The molecule has 7 nitrogen and oxygen atoms in total. The Morgan fingerprint density at radius 2 is 2.07 bits per heavy atom. The largest absolute Gasteiger partial charge is 0.436 e. The Morgan fingerprint density at radius 3 is 2.63 bits per heavy atom. The number of aromatic nitrogens is 3. The van der Waals surface area contributed by atoms with Crippen LogP contribution in [0.2, 0.25) is 5.02 Å². The third-order valence-corrected chi connectivity index (χ3v) is 4.94. The Hall–Kier alpha value is -2.76. The molecule has 30 heavy (non-hydrogen) atoms. The fourth-order valence-corrected chi connectivity index (χ4v) is 3.57. The molecule has 1 fully saturated rings. The minimum atomic E-state index is -4.95. The van der Waals surface area contributed by atoms with Crippen LogP contribution in [0.3, 0.4) is 0 Å². The Balaban J connectivity index is 1.93. The van der Waals surface area contributed by atoms with Crippen LogP contribution in [0, 0.1) is 5.92 Å². The number of amides is 2. The highest BCUT2D eigenvalue weighted by Crippen LogP contribution is 2.41. The standard InChI is InChI=1S/C17H15ClF5N5O2/c18-11-12(15(30)26-9-2-4-25-10(5-9)14(24)29)28(27-13(11)17(21,22)23)7-8-1-3-16(19,20)6-8/h2,4-5,8H,1,3,6-7H2,(H2,24,29)(H,25,26,30)/t8-/m0/s1. The summed E-state index contributed by atoms with van der Waals surface area (Å²) in [6.07, 6.45) is -4.64. The van der Waals surface area contributed by atoms with Crippen LogP contribution in [0.5, 0.6) is 0 Å². The van der Waals surface area contributed by atoms with Gasteiger partial charge in [-0.1, -0.05) is 11.6 Å². The number of anilines is 1. The number of hydrogen-bond acceptors (Lipinski definition) is 4. The van der Waals surface area contributed by atoms with Gasteiger partial charge in [0.25, 0.3) is 11.8 Å². The average molecular weight is 452 g/mol. The van der Waals surface area contributed by atoms with E-state index in [1.807, 2.05) is 0 Å². The van der Waals surface area contributed by atoms with Crippen LogP contribution in [-0.4, -0.2) is 32.5 Å². The number of nitrogens with zero attached hydrogens (tertiary/aromatic N) is 3. The van der Waals surface area contributed by atoms with Gasteiger partial charge in [-0.05, 0) is 24.5 Å². The van der Waals surface area contributed by atoms with E-state index in [1.54, 1.807) is 0 Å². The van der Waals surface area contributed by atoms with Gasteiger partial charge in [0.1, 0.15) is 16.4 Å². The summed E-state index contributed by atoms with van der Waals surface area (Å²) in [6, 6.07) is 2.40. The highest BCUT2D eigenvalue weighted by molar-refractivity contribution is 6.34. The molecule has 0 aromatic carbocycles. The second kappa shape index (κ2) is 7.82. The third-order valence-electron chi connectivity index (χ3n) is 4.59. The van der Waals surface area contributed by atoms with E-state index in [0.29, 0.717) is 4.68 Å². The van der Waals surface area contributed by atoms with Gasteiger partial charge in [-0.15, -0.1) is 0 Å². The Labute approximate surface area is 171 Å². The van der Waals surface area contributed by atoms with Gasteiger partial charge in [-0.3, -0.25) is 19.3 Å². The molecule has 2 amide bonds. The molecule has 0 saturated heterocycles. The zero-order valence-electron chi connectivity index (χ0n) is 15.1. The molecule has 2 aromatic heterocycles. The van der Waals surface area contributed by atoms with Crippen LogP contribution in [-0.2, 0) is 12.7 Å². The zero-order chi connectivity index (χ0) is 22.3. The number of pyridine rings is 1. The first-order valence-electron chi connectivity index (χ1n) is 8.66. The first-order valence-corrected chi connectivity index (χ1v) is 9.04. The number of hydrogen-bond donors (Lipinski definition) is 2. The third kappa shape index (κ3) is 4.69. The van der Waals surface area contributed by atoms with Crippen molar-refractivity contribution in [3.63, 3.8) is 0 Å². The normalized spacial score (nSPS) is 18.4. The summed E-state index contributed by atoms with van der Waals surface area (Å²) in [4.78, 5) is 27.6. The Morgan fingerprint density at radius 1 is 1.37 bits per heavy atom. The van der Waals surface area contributed by atoms with Crippen LogP contribution in [0.25, 0.3) is 0 Å². The monoisotopic (exact) mass is 451 g/mol. The molecule has 1 atom stereocenters. The lowest BCUT2D eigenvalue weighted by atomic mass is 10.1. The molecule has 162 valence electrons. The summed E-state index contributed by atoms with van der Waals surface area (Å²) in [7, 11) is 0. The van der Waals surface area contributed by atoms with Crippen molar-refractivity contribution in [2.75, 3.05) is 5.32 Å². The first-order chi connectivity index (χ1) is 13.9. The van der Waals surface area contributed by atoms with Gasteiger partial charge in [0.15, 0.2) is 5.69 Å². The number of alkyl halides is 5. The minimum Gasteiger partial charge on any atom is -0.364 e. The number of primary amides is 1. The van der Waals surface area contributed by atoms with Crippen molar-refractivity contribution in [3.05, 3.63) is 40.4 Å². The molecule has 2 aromatic rings. The molecule has 0 unspecified atom stereocenters. The van der Waals surface area contributed by atoms with Crippen molar-refractivity contribution in [1.29, 1.82) is 0 Å². The van der Waals surface area contributed by atoms with Gasteiger partial charge in [0, 0.05) is 31.3 Å². The van der Waals surface area contributed by atoms with Crippen molar-refractivity contribution in [2.24, 2.45) is 11.7 Å². The molecule has 0 spiro atoms. The molecular formula is C17H15ClF5N5O2. The smallest absolute Gasteiger partial charge is 0.364 e. The van der Waals surface area contributed by atoms with Crippen molar-refractivity contribution in [1.82, 2.24) is 14.8 Å². The van der Waals surface area contributed by atoms with Crippen LogP contribution in [0.4, 0.5) is 27.6 Å². The first kappa shape index (κ1) is 21.9. The van der Waals surface area contributed by atoms with E-state index >= 15 is 0 Å². The van der Waals surface area contributed by atoms with Gasteiger partial charge in [0.05, 0.1) is 0 Å². The zero-order valence-corrected chi connectivity index (χ0v) is 15.9. The summed E-state index contributed by atoms with van der Waals surface area (Å²) in [5, 5.41) is 4.71. The summed E-state index contributed by atoms with van der Waals surface area (Å²) in [6.45, 7) is -0.336. The van der Waals surface area contributed by atoms with Crippen LogP contribution in [0.15, 0.2) is 18.3 Å². The van der Waals surface area contributed by atoms with Gasteiger partial charge in [-0.25, -0.2) is 8.78 Å². The number of halogens is 6. The Kier molecular flexibility index (Phi) is 5.72. The second-order valence-corrected chi connectivity index (χ2v) is 7.28. The Bertz CT molecular complexity index is 991. The quantitative estimate of drug-likeness (QED) is 0.676. The summed E-state index contributed by atoms with van der Waals surface area (Å²) in [5.74, 6) is -5.53. The minimum absolute atomic E-state index is 0.0218. The molecule has 3 rings (SSSR count). The van der Waals surface area contributed by atoms with Crippen molar-refractivity contribution in [3.8, 4) is 0 Å². The number of nitrogens with one attached hydrogen (secondary N) is 1.